The Kier molecular flexibility index (Phi) is 6.04. The van der Waals surface area contributed by atoms with Crippen LogP contribution in [0.25, 0.3) is 0 Å². The van der Waals surface area contributed by atoms with Crippen molar-refractivity contribution in [2.45, 2.75) is 26.4 Å². The minimum absolute atomic E-state index is 0.500. The fourth-order valence-corrected chi connectivity index (χ4v) is 2.26. The van der Waals surface area contributed by atoms with E-state index in [4.69, 9.17) is 5.11 Å². The zero-order valence-corrected chi connectivity index (χ0v) is 12.2. The summed E-state index contributed by atoms with van der Waals surface area (Å²) >= 11 is 0. The van der Waals surface area contributed by atoms with Crippen LogP contribution < -0.4 is 10.6 Å². The van der Waals surface area contributed by atoms with Crippen molar-refractivity contribution in [1.82, 2.24) is 0 Å². The van der Waals surface area contributed by atoms with Gasteiger partial charge in [-0.1, -0.05) is 69.2 Å². The van der Waals surface area contributed by atoms with Gasteiger partial charge in [0.2, 0.25) is 0 Å². The van der Waals surface area contributed by atoms with Crippen LogP contribution in [0.2, 0.25) is 0 Å². The third kappa shape index (κ3) is 8.00. The summed E-state index contributed by atoms with van der Waals surface area (Å²) in [5.74, 6) is 0. The summed E-state index contributed by atoms with van der Waals surface area (Å²) in [7, 11) is 0.777. The predicted octanol–water partition coefficient (Wildman–Crippen LogP) is 3.09. The zero-order chi connectivity index (χ0) is 13.4. The molecule has 1 N–H and O–H groups in total. The summed E-state index contributed by atoms with van der Waals surface area (Å²) < 4.78 is 0. The van der Waals surface area contributed by atoms with E-state index >= 15 is 0 Å². The second kappa shape index (κ2) is 7.31. The number of benzene rings is 2. The Morgan fingerprint density at radius 3 is 1.28 bits per heavy atom. The Hall–Kier alpha value is -1.17. The lowest BCUT2D eigenvalue weighted by Crippen LogP contribution is -2.10. The van der Waals surface area contributed by atoms with Crippen molar-refractivity contribution in [2.24, 2.45) is 0 Å². The smallest absolute Gasteiger partial charge is 0.0563 e. The first-order chi connectivity index (χ1) is 8.45. The minimum atomic E-state index is -0.500. The van der Waals surface area contributed by atoms with Crippen LogP contribution >= 0.6 is 8.58 Å². The molecule has 0 radical (unpaired) electrons. The number of hydrogen-bond acceptors (Lipinski definition) is 1. The molecule has 0 aliphatic carbocycles. The summed E-state index contributed by atoms with van der Waals surface area (Å²) in [6.07, 6.45) is 0. The largest absolute Gasteiger partial charge is 0.391 e. The van der Waals surface area contributed by atoms with E-state index in [0.29, 0.717) is 0 Å². The quantitative estimate of drug-likeness (QED) is 0.823. The Morgan fingerprint density at radius 2 is 1.00 bits per heavy atom. The summed E-state index contributed by atoms with van der Waals surface area (Å²) in [5.41, 5.74) is -0.500. The van der Waals surface area contributed by atoms with E-state index in [1.54, 1.807) is 20.8 Å². The first-order valence-corrected chi connectivity index (χ1v) is 7.04. The zero-order valence-electron chi connectivity index (χ0n) is 11.2. The van der Waals surface area contributed by atoms with Gasteiger partial charge in [-0.2, -0.15) is 0 Å². The van der Waals surface area contributed by atoms with Crippen molar-refractivity contribution in [3.05, 3.63) is 60.7 Å². The van der Waals surface area contributed by atoms with Gasteiger partial charge in [-0.15, -0.1) is 0 Å². The van der Waals surface area contributed by atoms with Crippen LogP contribution in [-0.4, -0.2) is 10.7 Å². The molecule has 0 amide bonds. The topological polar surface area (TPSA) is 20.2 Å². The maximum atomic E-state index is 8.52. The fourth-order valence-electron chi connectivity index (χ4n) is 1.21. The molecule has 18 heavy (non-hydrogen) atoms. The van der Waals surface area contributed by atoms with Gasteiger partial charge in [0.05, 0.1) is 5.60 Å². The molecule has 2 heteroatoms. The molecular formula is C16H21OP. The van der Waals surface area contributed by atoms with E-state index in [-0.39, 0.29) is 0 Å². The number of aliphatic hydroxyl groups is 1. The average molecular weight is 260 g/mol. The maximum absolute atomic E-state index is 8.52. The van der Waals surface area contributed by atoms with Gasteiger partial charge in [-0.25, -0.2) is 0 Å². The van der Waals surface area contributed by atoms with Gasteiger partial charge in [0, 0.05) is 0 Å². The molecule has 2 rings (SSSR count). The van der Waals surface area contributed by atoms with Gasteiger partial charge >= 0.3 is 0 Å². The molecule has 0 saturated carbocycles. The van der Waals surface area contributed by atoms with E-state index < -0.39 is 5.60 Å². The summed E-state index contributed by atoms with van der Waals surface area (Å²) in [4.78, 5) is 0. The average Bonchev–Trinajstić information content (AvgIpc) is 2.29. The monoisotopic (exact) mass is 260 g/mol. The molecule has 0 bridgehead atoms. The standard InChI is InChI=1S/C12H11P.C4H10O/c1-3-7-11(8-4-1)13-12-9-5-2-6-10-12;1-4(2,3)5/h1-10,13H;5H,1-3H3. The molecule has 0 aromatic heterocycles. The molecule has 0 saturated heterocycles. The third-order valence-corrected chi connectivity index (χ3v) is 3.08. The second-order valence-corrected chi connectivity index (χ2v) is 6.43. The molecule has 0 spiro atoms. The van der Waals surface area contributed by atoms with Crippen molar-refractivity contribution in [3.8, 4) is 0 Å². The van der Waals surface area contributed by atoms with Gasteiger partial charge in [0.25, 0.3) is 0 Å². The molecule has 0 atom stereocenters. The van der Waals surface area contributed by atoms with Gasteiger partial charge in [0.15, 0.2) is 0 Å². The lowest BCUT2D eigenvalue weighted by molar-refractivity contribution is 0.102. The molecular weight excluding hydrogens is 239 g/mol. The fraction of sp³-hybridized carbons (Fsp3) is 0.250. The van der Waals surface area contributed by atoms with Gasteiger partial charge in [0.1, 0.15) is 0 Å². The van der Waals surface area contributed by atoms with Crippen LogP contribution in [0.3, 0.4) is 0 Å². The van der Waals surface area contributed by atoms with Crippen LogP contribution in [0.1, 0.15) is 20.8 Å². The van der Waals surface area contributed by atoms with Crippen LogP contribution in [-0.2, 0) is 0 Å². The van der Waals surface area contributed by atoms with Crippen molar-refractivity contribution in [1.29, 1.82) is 0 Å². The Bertz CT molecular complexity index is 388. The van der Waals surface area contributed by atoms with E-state index in [2.05, 4.69) is 60.7 Å². The van der Waals surface area contributed by atoms with Gasteiger partial charge in [-0.3, -0.25) is 0 Å². The summed E-state index contributed by atoms with van der Waals surface area (Å²) in [6.45, 7) is 5.23. The Morgan fingerprint density at radius 1 is 0.722 bits per heavy atom. The summed E-state index contributed by atoms with van der Waals surface area (Å²) in [6, 6.07) is 21.2. The first kappa shape index (κ1) is 14.9. The first-order valence-electron chi connectivity index (χ1n) is 6.04. The molecule has 96 valence electrons. The maximum Gasteiger partial charge on any atom is 0.0563 e. The SMILES string of the molecule is CC(C)(C)O.c1ccc(Pc2ccccc2)cc1. The molecule has 0 fully saturated rings. The summed E-state index contributed by atoms with van der Waals surface area (Å²) in [5, 5.41) is 11.3. The minimum Gasteiger partial charge on any atom is -0.391 e. The second-order valence-electron chi connectivity index (χ2n) is 5.03. The third-order valence-electron chi connectivity index (χ3n) is 1.84. The molecule has 0 unspecified atom stereocenters. The highest BCUT2D eigenvalue weighted by atomic mass is 31.1. The molecule has 0 aliphatic heterocycles. The highest BCUT2D eigenvalue weighted by Crippen LogP contribution is 2.08. The van der Waals surface area contributed by atoms with E-state index in [9.17, 15) is 0 Å². The predicted molar refractivity (Wildman–Crippen MR) is 82.4 cm³/mol. The highest BCUT2D eigenvalue weighted by molar-refractivity contribution is 7.55. The molecule has 0 aliphatic rings. The van der Waals surface area contributed by atoms with Crippen LogP contribution in [0.4, 0.5) is 0 Å². The van der Waals surface area contributed by atoms with Crippen LogP contribution in [0, 0.1) is 0 Å². The van der Waals surface area contributed by atoms with Crippen LogP contribution in [0.15, 0.2) is 60.7 Å². The Balaban J connectivity index is 0.000000280. The van der Waals surface area contributed by atoms with Crippen molar-refractivity contribution >= 4 is 19.2 Å². The lowest BCUT2D eigenvalue weighted by Gasteiger charge is -2.04. The van der Waals surface area contributed by atoms with Gasteiger partial charge in [-0.05, 0) is 31.4 Å². The Labute approximate surface area is 112 Å². The van der Waals surface area contributed by atoms with E-state index in [1.165, 1.54) is 10.6 Å². The molecule has 0 heterocycles. The normalized spacial score (nSPS) is 10.4. The molecule has 2 aromatic carbocycles. The van der Waals surface area contributed by atoms with Crippen LogP contribution in [0.5, 0.6) is 0 Å². The van der Waals surface area contributed by atoms with Crippen molar-refractivity contribution < 1.29 is 5.11 Å². The van der Waals surface area contributed by atoms with E-state index in [1.807, 2.05) is 0 Å². The van der Waals surface area contributed by atoms with E-state index in [0.717, 1.165) is 8.58 Å². The van der Waals surface area contributed by atoms with Gasteiger partial charge < -0.3 is 5.11 Å². The van der Waals surface area contributed by atoms with Crippen molar-refractivity contribution in [3.63, 3.8) is 0 Å². The number of rotatable bonds is 2. The van der Waals surface area contributed by atoms with Crippen molar-refractivity contribution in [2.75, 3.05) is 0 Å². The molecule has 2 aromatic rings. The lowest BCUT2D eigenvalue weighted by atomic mass is 10.2. The highest BCUT2D eigenvalue weighted by Gasteiger charge is 1.97. The molecule has 1 nitrogen and oxygen atoms in total. The number of hydrogen-bond donors (Lipinski definition) is 1.